The Bertz CT molecular complexity index is 391. The largest absolute Gasteiger partial charge is 0.310 e. The molecule has 0 saturated carbocycles. The zero-order chi connectivity index (χ0) is 11.5. The quantitative estimate of drug-likeness (QED) is 0.875. The molecule has 1 N–H and O–H groups in total. The number of hydrogen-bond donors (Lipinski definition) is 1. The molecule has 0 aliphatic carbocycles. The molecule has 1 aromatic carbocycles. The van der Waals surface area contributed by atoms with Gasteiger partial charge in [-0.2, -0.15) is 0 Å². The third-order valence-corrected chi connectivity index (χ3v) is 4.81. The average Bonchev–Trinajstić information content (AvgIpc) is 2.32. The summed E-state index contributed by atoms with van der Waals surface area (Å²) in [7, 11) is -0.826. The minimum absolute atomic E-state index is 0.254. The summed E-state index contributed by atoms with van der Waals surface area (Å²) in [5.74, 6) is 0. The highest BCUT2D eigenvalue weighted by Crippen LogP contribution is 2.33. The summed E-state index contributed by atoms with van der Waals surface area (Å²) in [5.41, 5.74) is 1.23. The molecule has 3 heteroatoms. The maximum Gasteiger partial charge on any atom is 0.0562 e. The maximum absolute atomic E-state index is 12.1. The summed E-state index contributed by atoms with van der Waals surface area (Å²) in [6.45, 7) is 5.27. The molecule has 0 radical (unpaired) electrons. The average molecular weight is 237 g/mol. The van der Waals surface area contributed by atoms with Crippen molar-refractivity contribution in [1.82, 2.24) is 5.32 Å². The van der Waals surface area contributed by atoms with Crippen LogP contribution in [0.25, 0.3) is 0 Å². The second kappa shape index (κ2) is 5.11. The van der Waals surface area contributed by atoms with Crippen LogP contribution >= 0.6 is 0 Å². The topological polar surface area (TPSA) is 29.1 Å². The van der Waals surface area contributed by atoms with Crippen LogP contribution in [-0.4, -0.2) is 16.0 Å². The molecule has 0 amide bonds. The van der Waals surface area contributed by atoms with E-state index in [4.69, 9.17) is 0 Å². The van der Waals surface area contributed by atoms with Crippen LogP contribution in [0.15, 0.2) is 29.2 Å². The Morgan fingerprint density at radius 3 is 2.94 bits per heavy atom. The normalized spacial score (nSPS) is 28.8. The first-order valence-corrected chi connectivity index (χ1v) is 7.18. The molecule has 2 rings (SSSR count). The molecule has 16 heavy (non-hydrogen) atoms. The zero-order valence-electron chi connectivity index (χ0n) is 9.90. The van der Waals surface area contributed by atoms with Gasteiger partial charge in [0.05, 0.1) is 10.8 Å². The molecular formula is C13H19NOS. The molecule has 0 aromatic heterocycles. The number of hydrogen-bond acceptors (Lipinski definition) is 2. The summed E-state index contributed by atoms with van der Waals surface area (Å²) in [6.07, 6.45) is 2.11. The molecule has 1 aliphatic heterocycles. The van der Waals surface area contributed by atoms with E-state index in [2.05, 4.69) is 25.2 Å². The molecule has 1 aromatic rings. The Hall–Kier alpha value is -0.670. The monoisotopic (exact) mass is 237 g/mol. The smallest absolute Gasteiger partial charge is 0.0562 e. The highest BCUT2D eigenvalue weighted by molar-refractivity contribution is 7.85. The van der Waals surface area contributed by atoms with E-state index >= 15 is 0 Å². The molecule has 1 aliphatic rings. The van der Waals surface area contributed by atoms with Gasteiger partial charge in [0.15, 0.2) is 0 Å². The number of fused-ring (bicyclic) bond motifs is 1. The third-order valence-electron chi connectivity index (χ3n) is 3.08. The summed E-state index contributed by atoms with van der Waals surface area (Å²) in [5, 5.41) is 3.80. The van der Waals surface area contributed by atoms with Crippen molar-refractivity contribution in [3.8, 4) is 0 Å². The molecule has 0 saturated heterocycles. The van der Waals surface area contributed by atoms with Crippen molar-refractivity contribution in [1.29, 1.82) is 0 Å². The lowest BCUT2D eigenvalue weighted by atomic mass is 10.0. The van der Waals surface area contributed by atoms with E-state index in [1.807, 2.05) is 18.2 Å². The Labute approximate surface area is 99.9 Å². The van der Waals surface area contributed by atoms with Crippen LogP contribution in [0.1, 0.15) is 38.3 Å². The lowest BCUT2D eigenvalue weighted by molar-refractivity contribution is 0.478. The number of nitrogens with one attached hydrogen (secondary N) is 1. The van der Waals surface area contributed by atoms with Crippen LogP contribution in [0.4, 0.5) is 0 Å². The highest BCUT2D eigenvalue weighted by Gasteiger charge is 2.29. The fourth-order valence-electron chi connectivity index (χ4n) is 2.23. The number of rotatable bonds is 3. The molecule has 0 fully saturated rings. The van der Waals surface area contributed by atoms with Gasteiger partial charge in [-0.25, -0.2) is 0 Å². The third kappa shape index (κ3) is 2.20. The molecule has 2 nitrogen and oxygen atoms in total. The van der Waals surface area contributed by atoms with Crippen molar-refractivity contribution < 1.29 is 4.21 Å². The van der Waals surface area contributed by atoms with Gasteiger partial charge in [-0.3, -0.25) is 4.21 Å². The van der Waals surface area contributed by atoms with E-state index < -0.39 is 10.8 Å². The van der Waals surface area contributed by atoms with Gasteiger partial charge in [-0.1, -0.05) is 32.0 Å². The molecule has 3 atom stereocenters. The maximum atomic E-state index is 12.1. The summed E-state index contributed by atoms with van der Waals surface area (Å²) in [6, 6.07) is 8.50. The lowest BCUT2D eigenvalue weighted by Crippen LogP contribution is -2.32. The Morgan fingerprint density at radius 1 is 1.44 bits per heavy atom. The molecule has 0 spiro atoms. The number of benzene rings is 1. The van der Waals surface area contributed by atoms with Gasteiger partial charge in [0.1, 0.15) is 0 Å². The van der Waals surface area contributed by atoms with Gasteiger partial charge < -0.3 is 5.32 Å². The minimum Gasteiger partial charge on any atom is -0.310 e. The predicted octanol–water partition coefficient (Wildman–Crippen LogP) is 2.63. The molecule has 1 heterocycles. The second-order valence-corrected chi connectivity index (χ2v) is 6.23. The van der Waals surface area contributed by atoms with Crippen molar-refractivity contribution in [2.24, 2.45) is 0 Å². The Kier molecular flexibility index (Phi) is 3.77. The standard InChI is InChI=1S/C13H19NOS/c1-3-8-14-12-9-10(2)16(15)13-7-5-4-6-11(12)13/h4-7,10,12,14H,3,8-9H2,1-2H3. The van der Waals surface area contributed by atoms with E-state index in [1.165, 1.54) is 5.56 Å². The van der Waals surface area contributed by atoms with Crippen molar-refractivity contribution in [3.63, 3.8) is 0 Å². The highest BCUT2D eigenvalue weighted by atomic mass is 32.2. The van der Waals surface area contributed by atoms with Crippen molar-refractivity contribution >= 4 is 10.8 Å². The Morgan fingerprint density at radius 2 is 2.19 bits per heavy atom. The first kappa shape index (κ1) is 11.8. The van der Waals surface area contributed by atoms with E-state index in [9.17, 15) is 4.21 Å². The fraction of sp³-hybridized carbons (Fsp3) is 0.538. The SMILES string of the molecule is CCCNC1CC(C)S(=O)c2ccccc21. The zero-order valence-corrected chi connectivity index (χ0v) is 10.7. The molecule has 88 valence electrons. The Balaban J connectivity index is 2.29. The first-order chi connectivity index (χ1) is 7.74. The van der Waals surface area contributed by atoms with Gasteiger partial charge in [0.25, 0.3) is 0 Å². The van der Waals surface area contributed by atoms with E-state index in [-0.39, 0.29) is 5.25 Å². The van der Waals surface area contributed by atoms with Crippen molar-refractivity contribution in [2.75, 3.05) is 6.54 Å². The summed E-state index contributed by atoms with van der Waals surface area (Å²) in [4.78, 5) is 1.02. The molecular weight excluding hydrogens is 218 g/mol. The second-order valence-electron chi connectivity index (χ2n) is 4.39. The van der Waals surface area contributed by atoms with E-state index in [0.29, 0.717) is 6.04 Å². The fourth-order valence-corrected chi connectivity index (χ4v) is 3.68. The van der Waals surface area contributed by atoms with E-state index in [0.717, 1.165) is 24.3 Å². The first-order valence-electron chi connectivity index (χ1n) is 5.97. The van der Waals surface area contributed by atoms with Gasteiger partial charge in [-0.15, -0.1) is 0 Å². The molecule has 3 unspecified atom stereocenters. The van der Waals surface area contributed by atoms with Crippen LogP contribution in [0, 0.1) is 0 Å². The summed E-state index contributed by atoms with van der Waals surface area (Å²) >= 11 is 0. The van der Waals surface area contributed by atoms with Gasteiger partial charge in [-0.05, 0) is 31.0 Å². The van der Waals surface area contributed by atoms with Crippen molar-refractivity contribution in [2.45, 2.75) is 42.9 Å². The van der Waals surface area contributed by atoms with Crippen LogP contribution in [-0.2, 0) is 10.8 Å². The lowest BCUT2D eigenvalue weighted by Gasteiger charge is -2.29. The molecule has 0 bridgehead atoms. The van der Waals surface area contributed by atoms with Gasteiger partial charge in [0.2, 0.25) is 0 Å². The van der Waals surface area contributed by atoms with Crippen LogP contribution in [0.2, 0.25) is 0 Å². The van der Waals surface area contributed by atoms with Gasteiger partial charge >= 0.3 is 0 Å². The van der Waals surface area contributed by atoms with Crippen molar-refractivity contribution in [3.05, 3.63) is 29.8 Å². The van der Waals surface area contributed by atoms with Crippen LogP contribution in [0.3, 0.4) is 0 Å². The van der Waals surface area contributed by atoms with E-state index in [1.54, 1.807) is 0 Å². The van der Waals surface area contributed by atoms with Gasteiger partial charge in [0, 0.05) is 16.2 Å². The minimum atomic E-state index is -0.826. The predicted molar refractivity (Wildman–Crippen MR) is 68.0 cm³/mol. The van der Waals surface area contributed by atoms with Crippen LogP contribution in [0.5, 0.6) is 0 Å². The summed E-state index contributed by atoms with van der Waals surface area (Å²) < 4.78 is 12.1. The van der Waals surface area contributed by atoms with Crippen LogP contribution < -0.4 is 5.32 Å².